The molecule has 21 heavy (non-hydrogen) atoms. The molecule has 2 rings (SSSR count). The molecule has 7 nitrogen and oxygen atoms in total. The molecular formula is C14H17N3O4. The van der Waals surface area contributed by atoms with E-state index in [0.29, 0.717) is 5.69 Å². The number of hydrogen-bond donors (Lipinski definition) is 2. The number of aliphatic carboxylic acids is 1. The fraction of sp³-hybridized carbons (Fsp3) is 0.357. The van der Waals surface area contributed by atoms with Crippen LogP contribution in [0, 0.1) is 0 Å². The Labute approximate surface area is 121 Å². The van der Waals surface area contributed by atoms with Crippen molar-refractivity contribution in [1.82, 2.24) is 4.90 Å². The molecule has 1 aromatic carbocycles. The van der Waals surface area contributed by atoms with E-state index in [4.69, 9.17) is 10.8 Å². The van der Waals surface area contributed by atoms with Crippen molar-refractivity contribution in [1.29, 1.82) is 0 Å². The lowest BCUT2D eigenvalue weighted by Gasteiger charge is -2.31. The Hall–Kier alpha value is -2.41. The molecule has 1 unspecified atom stereocenters. The molecule has 0 aromatic heterocycles. The molecule has 1 heterocycles. The van der Waals surface area contributed by atoms with Gasteiger partial charge >= 0.3 is 5.97 Å². The molecule has 1 aliphatic rings. The third-order valence-electron chi connectivity index (χ3n) is 3.41. The lowest BCUT2D eigenvalue weighted by atomic mass is 10.1. The van der Waals surface area contributed by atoms with E-state index in [1.807, 2.05) is 0 Å². The number of carbonyl (C=O) groups is 3. The van der Waals surface area contributed by atoms with Crippen LogP contribution >= 0.6 is 0 Å². The summed E-state index contributed by atoms with van der Waals surface area (Å²) in [5.41, 5.74) is 6.86. The van der Waals surface area contributed by atoms with Crippen LogP contribution in [0.2, 0.25) is 0 Å². The highest BCUT2D eigenvalue weighted by molar-refractivity contribution is 6.04. The van der Waals surface area contributed by atoms with Crippen LogP contribution in [0.3, 0.4) is 0 Å². The molecule has 1 aliphatic heterocycles. The summed E-state index contributed by atoms with van der Waals surface area (Å²) in [6.07, 6.45) is 0.214. The Balaban J connectivity index is 2.10. The molecule has 112 valence electrons. The second-order valence-electron chi connectivity index (χ2n) is 5.04. The van der Waals surface area contributed by atoms with Crippen molar-refractivity contribution in [3.63, 3.8) is 0 Å². The summed E-state index contributed by atoms with van der Waals surface area (Å²) in [6.45, 7) is 0.0772. The summed E-state index contributed by atoms with van der Waals surface area (Å²) in [7, 11) is 1.59. The number of hydrogen-bond acceptors (Lipinski definition) is 4. The molecular weight excluding hydrogens is 274 g/mol. The van der Waals surface area contributed by atoms with Crippen LogP contribution in [0.1, 0.15) is 5.56 Å². The minimum atomic E-state index is -1.06. The van der Waals surface area contributed by atoms with E-state index < -0.39 is 12.0 Å². The zero-order valence-corrected chi connectivity index (χ0v) is 11.7. The van der Waals surface area contributed by atoms with E-state index in [1.165, 1.54) is 9.80 Å². The Morgan fingerprint density at radius 3 is 2.43 bits per heavy atom. The number of carbonyl (C=O) groups excluding carboxylic acids is 2. The molecule has 1 fully saturated rings. The van der Waals surface area contributed by atoms with Gasteiger partial charge in [-0.1, -0.05) is 12.1 Å². The molecule has 0 aliphatic carbocycles. The number of carboxylic acids is 1. The van der Waals surface area contributed by atoms with Crippen LogP contribution in [0.15, 0.2) is 24.3 Å². The maximum Gasteiger partial charge on any atom is 0.320 e. The fourth-order valence-electron chi connectivity index (χ4n) is 2.11. The molecule has 1 saturated heterocycles. The van der Waals surface area contributed by atoms with Crippen molar-refractivity contribution < 1.29 is 19.5 Å². The number of amides is 2. The standard InChI is InChI=1S/C14H17N3O4/c1-16-7-13(19)17(8-12(16)18)10-4-2-9(3-5-10)6-11(15)14(20)21/h2-5,11H,6-8,15H2,1H3,(H,20,21). The van der Waals surface area contributed by atoms with Crippen LogP contribution in [0.25, 0.3) is 0 Å². The first-order chi connectivity index (χ1) is 9.88. The van der Waals surface area contributed by atoms with Gasteiger partial charge in [-0.15, -0.1) is 0 Å². The third-order valence-corrected chi connectivity index (χ3v) is 3.41. The van der Waals surface area contributed by atoms with Gasteiger partial charge in [0.05, 0.1) is 6.54 Å². The SMILES string of the molecule is CN1CC(=O)N(c2ccc(CC(N)C(=O)O)cc2)CC1=O. The molecule has 1 atom stereocenters. The zero-order valence-electron chi connectivity index (χ0n) is 11.7. The number of nitrogens with two attached hydrogens (primary N) is 1. The average molecular weight is 291 g/mol. The smallest absolute Gasteiger partial charge is 0.320 e. The minimum Gasteiger partial charge on any atom is -0.480 e. The van der Waals surface area contributed by atoms with E-state index in [2.05, 4.69) is 0 Å². The quantitative estimate of drug-likeness (QED) is 0.774. The Kier molecular flexibility index (Phi) is 4.23. The Morgan fingerprint density at radius 1 is 1.24 bits per heavy atom. The van der Waals surface area contributed by atoms with Crippen molar-refractivity contribution in [2.24, 2.45) is 5.73 Å². The summed E-state index contributed by atoms with van der Waals surface area (Å²) in [5.74, 6) is -1.32. The summed E-state index contributed by atoms with van der Waals surface area (Å²) in [6, 6.07) is 5.87. The number of carboxylic acid groups (broad SMARTS) is 1. The van der Waals surface area contributed by atoms with Gasteiger partial charge in [0, 0.05) is 12.7 Å². The predicted molar refractivity (Wildman–Crippen MR) is 75.7 cm³/mol. The van der Waals surface area contributed by atoms with E-state index in [1.54, 1.807) is 31.3 Å². The molecule has 0 bridgehead atoms. The van der Waals surface area contributed by atoms with Crippen molar-refractivity contribution in [2.45, 2.75) is 12.5 Å². The average Bonchev–Trinajstić information content (AvgIpc) is 2.44. The first kappa shape index (κ1) is 15.0. The van der Waals surface area contributed by atoms with Gasteiger partial charge in [-0.05, 0) is 24.1 Å². The Bertz CT molecular complexity index is 570. The first-order valence-electron chi connectivity index (χ1n) is 6.50. The maximum atomic E-state index is 11.9. The highest BCUT2D eigenvalue weighted by Crippen LogP contribution is 2.18. The topological polar surface area (TPSA) is 104 Å². The lowest BCUT2D eigenvalue weighted by molar-refractivity contribution is -0.138. The van der Waals surface area contributed by atoms with Crippen molar-refractivity contribution in [3.8, 4) is 0 Å². The van der Waals surface area contributed by atoms with E-state index in [-0.39, 0.29) is 31.3 Å². The molecule has 3 N–H and O–H groups in total. The van der Waals surface area contributed by atoms with Gasteiger partial charge in [0.2, 0.25) is 11.8 Å². The van der Waals surface area contributed by atoms with Gasteiger partial charge in [-0.25, -0.2) is 0 Å². The second kappa shape index (κ2) is 5.92. The molecule has 7 heteroatoms. The number of benzene rings is 1. The molecule has 0 spiro atoms. The molecule has 0 radical (unpaired) electrons. The van der Waals surface area contributed by atoms with Crippen LogP contribution in [0.4, 0.5) is 5.69 Å². The number of likely N-dealkylation sites (N-methyl/N-ethyl adjacent to an activating group) is 1. The summed E-state index contributed by atoms with van der Waals surface area (Å²) in [4.78, 5) is 37.1. The van der Waals surface area contributed by atoms with E-state index in [9.17, 15) is 14.4 Å². The molecule has 1 aromatic rings. The third kappa shape index (κ3) is 3.38. The number of rotatable bonds is 4. The number of anilines is 1. The van der Waals surface area contributed by atoms with E-state index >= 15 is 0 Å². The van der Waals surface area contributed by atoms with Gasteiger partial charge in [-0.2, -0.15) is 0 Å². The highest BCUT2D eigenvalue weighted by Gasteiger charge is 2.28. The van der Waals surface area contributed by atoms with E-state index in [0.717, 1.165) is 5.56 Å². The summed E-state index contributed by atoms with van der Waals surface area (Å²) >= 11 is 0. The van der Waals surface area contributed by atoms with Crippen LogP contribution in [0.5, 0.6) is 0 Å². The van der Waals surface area contributed by atoms with Gasteiger partial charge in [-0.3, -0.25) is 14.4 Å². The summed E-state index contributed by atoms with van der Waals surface area (Å²) < 4.78 is 0. The van der Waals surface area contributed by atoms with Gasteiger partial charge in [0.1, 0.15) is 12.6 Å². The van der Waals surface area contributed by atoms with Gasteiger partial charge < -0.3 is 20.6 Å². The predicted octanol–water partition coefficient (Wildman–Crippen LogP) is -0.554. The minimum absolute atomic E-state index is 0.0172. The van der Waals surface area contributed by atoms with Gasteiger partial charge in [0.25, 0.3) is 0 Å². The van der Waals surface area contributed by atoms with Crippen LogP contribution in [-0.4, -0.2) is 54.0 Å². The second-order valence-corrected chi connectivity index (χ2v) is 5.04. The summed E-state index contributed by atoms with van der Waals surface area (Å²) in [5, 5.41) is 8.77. The largest absolute Gasteiger partial charge is 0.480 e. The molecule has 0 saturated carbocycles. The first-order valence-corrected chi connectivity index (χ1v) is 6.50. The monoisotopic (exact) mass is 291 g/mol. The molecule has 2 amide bonds. The van der Waals surface area contributed by atoms with Crippen molar-refractivity contribution in [3.05, 3.63) is 29.8 Å². The Morgan fingerprint density at radius 2 is 1.86 bits per heavy atom. The maximum absolute atomic E-state index is 11.9. The van der Waals surface area contributed by atoms with Gasteiger partial charge in [0.15, 0.2) is 0 Å². The fourth-order valence-corrected chi connectivity index (χ4v) is 2.11. The number of piperazine rings is 1. The number of nitrogens with zero attached hydrogens (tertiary/aromatic N) is 2. The van der Waals surface area contributed by atoms with Crippen LogP contribution < -0.4 is 10.6 Å². The normalized spacial score (nSPS) is 17.0. The lowest BCUT2D eigenvalue weighted by Crippen LogP contribution is -2.52. The highest BCUT2D eigenvalue weighted by atomic mass is 16.4. The van der Waals surface area contributed by atoms with Crippen LogP contribution in [-0.2, 0) is 20.8 Å². The zero-order chi connectivity index (χ0) is 15.6. The van der Waals surface area contributed by atoms with Crippen molar-refractivity contribution >= 4 is 23.5 Å². The van der Waals surface area contributed by atoms with Crippen molar-refractivity contribution in [2.75, 3.05) is 25.0 Å².